The van der Waals surface area contributed by atoms with E-state index in [0.29, 0.717) is 22.6 Å². The largest absolute Gasteiger partial charge is 0.482 e. The van der Waals surface area contributed by atoms with Crippen molar-refractivity contribution in [3.63, 3.8) is 0 Å². The quantitative estimate of drug-likeness (QED) is 0.186. The molecular weight excluding hydrogens is 466 g/mol. The normalized spacial score (nSPS) is 12.9. The molecule has 6 heteroatoms. The molecule has 0 fully saturated rings. The molecule has 1 aliphatic heterocycles. The zero-order valence-electron chi connectivity index (χ0n) is 20.5. The van der Waals surface area contributed by atoms with Gasteiger partial charge >= 0.3 is 5.97 Å². The number of imide groups is 1. The van der Waals surface area contributed by atoms with Crippen LogP contribution in [-0.4, -0.2) is 24.4 Å². The predicted octanol–water partition coefficient (Wildman–Crippen LogP) is 5.80. The number of carbonyl (C=O) groups excluding carboxylic acids is 3. The highest BCUT2D eigenvalue weighted by Crippen LogP contribution is 2.32. The predicted molar refractivity (Wildman–Crippen MR) is 140 cm³/mol. The lowest BCUT2D eigenvalue weighted by Gasteiger charge is -2.26. The van der Waals surface area contributed by atoms with Crippen molar-refractivity contribution in [1.29, 1.82) is 0 Å². The first-order chi connectivity index (χ1) is 17.8. The number of amides is 2. The summed E-state index contributed by atoms with van der Waals surface area (Å²) in [6.07, 6.45) is 0. The van der Waals surface area contributed by atoms with E-state index in [1.165, 1.54) is 17.7 Å². The molecule has 0 N–H and O–H groups in total. The summed E-state index contributed by atoms with van der Waals surface area (Å²) in [7, 11) is 0. The molecule has 0 aromatic heterocycles. The van der Waals surface area contributed by atoms with E-state index in [4.69, 9.17) is 9.47 Å². The minimum absolute atomic E-state index is 0.169. The van der Waals surface area contributed by atoms with Gasteiger partial charge < -0.3 is 9.47 Å². The smallest absolute Gasteiger partial charge is 0.349 e. The van der Waals surface area contributed by atoms with Crippen LogP contribution >= 0.6 is 0 Å². The standard InChI is InChI=1S/C31H25NO5/c1-31(2,21-8-4-3-5-9-21)22-12-16-24(17-13-22)36-20-28(33)37-25-18-14-23(15-19-25)32-29(34)26-10-6-7-11-27(26)30(32)35/h3-19H,20H2,1-2H3. The Labute approximate surface area is 215 Å². The highest BCUT2D eigenvalue weighted by atomic mass is 16.6. The van der Waals surface area contributed by atoms with Gasteiger partial charge in [-0.2, -0.15) is 0 Å². The molecule has 5 rings (SSSR count). The summed E-state index contributed by atoms with van der Waals surface area (Å²) in [5.41, 5.74) is 3.32. The molecule has 0 saturated heterocycles. The number of carbonyl (C=O) groups is 3. The molecule has 4 aromatic rings. The van der Waals surface area contributed by atoms with Crippen LogP contribution in [0.25, 0.3) is 0 Å². The zero-order chi connectivity index (χ0) is 26.0. The maximum Gasteiger partial charge on any atom is 0.349 e. The van der Waals surface area contributed by atoms with E-state index in [9.17, 15) is 14.4 Å². The van der Waals surface area contributed by atoms with Gasteiger partial charge in [0, 0.05) is 5.41 Å². The van der Waals surface area contributed by atoms with Crippen LogP contribution in [0.2, 0.25) is 0 Å². The van der Waals surface area contributed by atoms with Gasteiger partial charge in [0.25, 0.3) is 11.8 Å². The van der Waals surface area contributed by atoms with Crippen LogP contribution in [0, 0.1) is 0 Å². The van der Waals surface area contributed by atoms with Gasteiger partial charge in [-0.25, -0.2) is 9.69 Å². The lowest BCUT2D eigenvalue weighted by molar-refractivity contribution is -0.136. The van der Waals surface area contributed by atoms with Gasteiger partial charge in [0.2, 0.25) is 0 Å². The summed E-state index contributed by atoms with van der Waals surface area (Å²) in [4.78, 5) is 38.7. The first kappa shape index (κ1) is 24.0. The molecule has 0 bridgehead atoms. The zero-order valence-corrected chi connectivity index (χ0v) is 20.5. The summed E-state index contributed by atoms with van der Waals surface area (Å²) in [6, 6.07) is 30.8. The molecule has 0 aliphatic carbocycles. The van der Waals surface area contributed by atoms with Gasteiger partial charge in [0.05, 0.1) is 16.8 Å². The number of rotatable bonds is 7. The van der Waals surface area contributed by atoms with Crippen LogP contribution in [0.15, 0.2) is 103 Å². The third-order valence-corrected chi connectivity index (χ3v) is 6.55. The molecule has 0 radical (unpaired) electrons. The Morgan fingerprint density at radius 2 is 1.19 bits per heavy atom. The molecule has 184 valence electrons. The van der Waals surface area contributed by atoms with Crippen LogP contribution in [-0.2, 0) is 10.2 Å². The molecule has 0 unspecified atom stereocenters. The monoisotopic (exact) mass is 491 g/mol. The fraction of sp³-hybridized carbons (Fsp3) is 0.129. The summed E-state index contributed by atoms with van der Waals surface area (Å²) >= 11 is 0. The van der Waals surface area contributed by atoms with E-state index in [2.05, 4.69) is 26.0 Å². The average molecular weight is 492 g/mol. The number of fused-ring (bicyclic) bond motifs is 1. The fourth-order valence-electron chi connectivity index (χ4n) is 4.38. The van der Waals surface area contributed by atoms with Gasteiger partial charge in [0.1, 0.15) is 11.5 Å². The number of hydrogen-bond acceptors (Lipinski definition) is 5. The highest BCUT2D eigenvalue weighted by Gasteiger charge is 2.36. The Hall–Kier alpha value is -4.71. The molecule has 6 nitrogen and oxygen atoms in total. The maximum absolute atomic E-state index is 12.6. The Morgan fingerprint density at radius 3 is 1.78 bits per heavy atom. The minimum Gasteiger partial charge on any atom is -0.482 e. The van der Waals surface area contributed by atoms with E-state index in [1.807, 2.05) is 42.5 Å². The first-order valence-corrected chi connectivity index (χ1v) is 11.9. The van der Waals surface area contributed by atoms with Crippen molar-refractivity contribution >= 4 is 23.5 Å². The minimum atomic E-state index is -0.567. The molecule has 0 spiro atoms. The van der Waals surface area contributed by atoms with E-state index in [1.54, 1.807) is 36.4 Å². The summed E-state index contributed by atoms with van der Waals surface area (Å²) in [6.45, 7) is 4.06. The molecule has 1 aliphatic rings. The topological polar surface area (TPSA) is 72.9 Å². The van der Waals surface area contributed by atoms with Gasteiger partial charge in [-0.15, -0.1) is 0 Å². The van der Waals surface area contributed by atoms with Crippen LogP contribution in [0.3, 0.4) is 0 Å². The van der Waals surface area contributed by atoms with Crippen LogP contribution in [0.1, 0.15) is 45.7 Å². The second kappa shape index (κ2) is 9.74. The fourth-order valence-corrected chi connectivity index (χ4v) is 4.38. The molecule has 37 heavy (non-hydrogen) atoms. The number of benzene rings is 4. The summed E-state index contributed by atoms with van der Waals surface area (Å²) in [5.74, 6) is -0.476. The Kier molecular flexibility index (Phi) is 6.32. The lowest BCUT2D eigenvalue weighted by atomic mass is 9.78. The van der Waals surface area contributed by atoms with Crippen molar-refractivity contribution in [2.24, 2.45) is 0 Å². The van der Waals surface area contributed by atoms with Crippen LogP contribution in [0.4, 0.5) is 5.69 Å². The molecule has 0 atom stereocenters. The Balaban J connectivity index is 1.17. The molecule has 1 heterocycles. The number of ether oxygens (including phenoxy) is 2. The maximum atomic E-state index is 12.6. The summed E-state index contributed by atoms with van der Waals surface area (Å²) in [5, 5.41) is 0. The molecular formula is C31H25NO5. The number of esters is 1. The van der Waals surface area contributed by atoms with Gasteiger partial charge in [-0.3, -0.25) is 9.59 Å². The number of anilines is 1. The van der Waals surface area contributed by atoms with Crippen molar-refractivity contribution in [3.8, 4) is 11.5 Å². The van der Waals surface area contributed by atoms with Crippen LogP contribution < -0.4 is 14.4 Å². The molecule has 0 saturated carbocycles. The molecule has 4 aromatic carbocycles. The highest BCUT2D eigenvalue weighted by molar-refractivity contribution is 6.34. The van der Waals surface area contributed by atoms with E-state index in [0.717, 1.165) is 10.5 Å². The van der Waals surface area contributed by atoms with E-state index < -0.39 is 5.97 Å². The first-order valence-electron chi connectivity index (χ1n) is 11.9. The van der Waals surface area contributed by atoms with Crippen molar-refractivity contribution in [1.82, 2.24) is 0 Å². The van der Waals surface area contributed by atoms with Crippen molar-refractivity contribution in [2.45, 2.75) is 19.3 Å². The van der Waals surface area contributed by atoms with Crippen molar-refractivity contribution in [3.05, 3.63) is 125 Å². The number of nitrogens with zero attached hydrogens (tertiary/aromatic N) is 1. The van der Waals surface area contributed by atoms with E-state index >= 15 is 0 Å². The average Bonchev–Trinajstić information content (AvgIpc) is 3.18. The third-order valence-electron chi connectivity index (χ3n) is 6.55. The number of hydrogen-bond donors (Lipinski definition) is 0. The van der Waals surface area contributed by atoms with Crippen molar-refractivity contribution < 1.29 is 23.9 Å². The Bertz CT molecular complexity index is 1420. The SMILES string of the molecule is CC(C)(c1ccccc1)c1ccc(OCC(=O)Oc2ccc(N3C(=O)c4ccccc4C3=O)cc2)cc1. The molecule has 2 amide bonds. The van der Waals surface area contributed by atoms with Gasteiger partial charge in [-0.05, 0) is 59.7 Å². The Morgan fingerprint density at radius 1 is 0.676 bits per heavy atom. The summed E-state index contributed by atoms with van der Waals surface area (Å²) < 4.78 is 11.0. The van der Waals surface area contributed by atoms with E-state index in [-0.39, 0.29) is 29.6 Å². The second-order valence-corrected chi connectivity index (χ2v) is 9.26. The third kappa shape index (κ3) is 4.74. The van der Waals surface area contributed by atoms with Gasteiger partial charge in [0.15, 0.2) is 6.61 Å². The van der Waals surface area contributed by atoms with Crippen molar-refractivity contribution in [2.75, 3.05) is 11.5 Å². The second-order valence-electron chi connectivity index (χ2n) is 9.26. The van der Waals surface area contributed by atoms with Crippen LogP contribution in [0.5, 0.6) is 11.5 Å². The lowest BCUT2D eigenvalue weighted by Crippen LogP contribution is -2.29. The van der Waals surface area contributed by atoms with Gasteiger partial charge in [-0.1, -0.05) is 68.4 Å².